The zero-order valence-electron chi connectivity index (χ0n) is 8.56. The zero-order valence-corrected chi connectivity index (χ0v) is 10.3. The third-order valence-electron chi connectivity index (χ3n) is 1.47. The molecular formula is C10H13ClN2Si. The molecule has 74 valence electrons. The Hall–Kier alpha value is -0.983. The van der Waals surface area contributed by atoms with Crippen LogP contribution in [0.4, 0.5) is 5.69 Å². The average molecular weight is 225 g/mol. The minimum absolute atomic E-state index is 0.404. The number of hydrogen-bond acceptors (Lipinski definition) is 2. The maximum absolute atomic E-state index is 5.74. The van der Waals surface area contributed by atoms with Crippen LogP contribution in [0.3, 0.4) is 0 Å². The maximum Gasteiger partial charge on any atom is 0.131 e. The summed E-state index contributed by atoms with van der Waals surface area (Å²) in [5.41, 5.74) is 10.3. The summed E-state index contributed by atoms with van der Waals surface area (Å²) < 4.78 is 0. The van der Waals surface area contributed by atoms with Gasteiger partial charge in [0.15, 0.2) is 0 Å². The number of nitrogens with two attached hydrogens (primary N) is 1. The van der Waals surface area contributed by atoms with E-state index in [0.29, 0.717) is 10.8 Å². The molecule has 1 heterocycles. The summed E-state index contributed by atoms with van der Waals surface area (Å²) in [6, 6.07) is 1.62. The highest BCUT2D eigenvalue weighted by atomic mass is 35.5. The molecule has 0 aromatic carbocycles. The fraction of sp³-hybridized carbons (Fsp3) is 0.300. The largest absolute Gasteiger partial charge is 0.398 e. The highest BCUT2D eigenvalue weighted by Crippen LogP contribution is 2.14. The second-order valence-corrected chi connectivity index (χ2v) is 9.23. The van der Waals surface area contributed by atoms with E-state index < -0.39 is 8.07 Å². The molecule has 0 radical (unpaired) electrons. The Morgan fingerprint density at radius 3 is 2.57 bits per heavy atom. The molecule has 0 saturated heterocycles. The fourth-order valence-electron chi connectivity index (χ4n) is 0.803. The molecule has 2 N–H and O–H groups in total. The Morgan fingerprint density at radius 2 is 2.07 bits per heavy atom. The van der Waals surface area contributed by atoms with Crippen LogP contribution in [0.25, 0.3) is 0 Å². The second-order valence-electron chi connectivity index (χ2n) is 4.09. The smallest absolute Gasteiger partial charge is 0.131 e. The van der Waals surface area contributed by atoms with E-state index in [1.807, 2.05) is 0 Å². The normalized spacial score (nSPS) is 10.6. The molecule has 0 aliphatic rings. The van der Waals surface area contributed by atoms with E-state index in [9.17, 15) is 0 Å². The Labute approximate surface area is 90.5 Å². The van der Waals surface area contributed by atoms with Crippen LogP contribution < -0.4 is 5.73 Å². The first-order chi connectivity index (χ1) is 6.38. The summed E-state index contributed by atoms with van der Waals surface area (Å²) in [7, 11) is -1.35. The van der Waals surface area contributed by atoms with Gasteiger partial charge in [0.1, 0.15) is 13.2 Å². The van der Waals surface area contributed by atoms with Crippen molar-refractivity contribution in [3.05, 3.63) is 23.0 Å². The van der Waals surface area contributed by atoms with Gasteiger partial charge in [0, 0.05) is 6.20 Å². The first-order valence-corrected chi connectivity index (χ1v) is 8.20. The molecule has 0 spiro atoms. The number of rotatable bonds is 0. The van der Waals surface area contributed by atoms with Crippen LogP contribution in [0, 0.1) is 11.5 Å². The third kappa shape index (κ3) is 3.41. The van der Waals surface area contributed by atoms with Gasteiger partial charge in [0.05, 0.1) is 11.3 Å². The summed E-state index contributed by atoms with van der Waals surface area (Å²) in [5, 5.41) is 0.404. The van der Waals surface area contributed by atoms with Crippen LogP contribution in [0.5, 0.6) is 0 Å². The molecule has 0 saturated carbocycles. The van der Waals surface area contributed by atoms with E-state index in [1.54, 1.807) is 12.3 Å². The molecule has 0 aliphatic heterocycles. The van der Waals surface area contributed by atoms with Gasteiger partial charge in [-0.25, -0.2) is 4.98 Å². The summed E-state index contributed by atoms with van der Waals surface area (Å²) in [6.07, 6.45) is 1.62. The molecule has 0 atom stereocenters. The zero-order chi connectivity index (χ0) is 10.8. The van der Waals surface area contributed by atoms with Gasteiger partial charge in [-0.05, 0) is 6.07 Å². The third-order valence-corrected chi connectivity index (χ3v) is 2.56. The number of halogens is 1. The van der Waals surface area contributed by atoms with E-state index in [2.05, 4.69) is 36.1 Å². The van der Waals surface area contributed by atoms with Crippen molar-refractivity contribution in [2.75, 3.05) is 5.73 Å². The van der Waals surface area contributed by atoms with Crippen molar-refractivity contribution in [3.8, 4) is 11.5 Å². The van der Waals surface area contributed by atoms with Crippen LogP contribution in [0.2, 0.25) is 24.8 Å². The van der Waals surface area contributed by atoms with Crippen molar-refractivity contribution >= 4 is 25.4 Å². The fourth-order valence-corrected chi connectivity index (χ4v) is 1.48. The lowest BCUT2D eigenvalue weighted by Gasteiger charge is -2.04. The number of pyridine rings is 1. The topological polar surface area (TPSA) is 38.9 Å². The quantitative estimate of drug-likeness (QED) is 0.418. The molecule has 0 unspecified atom stereocenters. The van der Waals surface area contributed by atoms with Gasteiger partial charge >= 0.3 is 0 Å². The predicted molar refractivity (Wildman–Crippen MR) is 63.9 cm³/mol. The second kappa shape index (κ2) is 4.03. The first kappa shape index (κ1) is 11.1. The summed E-state index contributed by atoms with van der Waals surface area (Å²) in [4.78, 5) is 3.94. The summed E-state index contributed by atoms with van der Waals surface area (Å²) in [6.45, 7) is 6.54. The standard InChI is InChI=1S/C10H13ClN2Si/c1-14(2,3)5-4-8-7-13-10(11)6-9(8)12/h6-7H,1-3H3,(H2,12,13). The van der Waals surface area contributed by atoms with Gasteiger partial charge in [0.2, 0.25) is 0 Å². The lowest BCUT2D eigenvalue weighted by molar-refractivity contribution is 1.32. The van der Waals surface area contributed by atoms with Crippen LogP contribution in [0.15, 0.2) is 12.3 Å². The summed E-state index contributed by atoms with van der Waals surface area (Å²) >= 11 is 5.68. The van der Waals surface area contributed by atoms with Crippen molar-refractivity contribution in [2.24, 2.45) is 0 Å². The molecule has 1 aromatic heterocycles. The Morgan fingerprint density at radius 1 is 1.43 bits per heavy atom. The van der Waals surface area contributed by atoms with E-state index in [4.69, 9.17) is 17.3 Å². The molecule has 14 heavy (non-hydrogen) atoms. The monoisotopic (exact) mass is 224 g/mol. The molecule has 0 amide bonds. The van der Waals surface area contributed by atoms with Crippen LogP contribution in [0.1, 0.15) is 5.56 Å². The van der Waals surface area contributed by atoms with Gasteiger partial charge in [0.25, 0.3) is 0 Å². The van der Waals surface area contributed by atoms with Gasteiger partial charge < -0.3 is 5.73 Å². The van der Waals surface area contributed by atoms with Crippen LogP contribution >= 0.6 is 11.6 Å². The molecule has 0 fully saturated rings. The maximum atomic E-state index is 5.74. The van der Waals surface area contributed by atoms with Crippen molar-refractivity contribution in [3.63, 3.8) is 0 Å². The molecular weight excluding hydrogens is 212 g/mol. The van der Waals surface area contributed by atoms with Crippen LogP contribution in [-0.2, 0) is 0 Å². The van der Waals surface area contributed by atoms with E-state index in [-0.39, 0.29) is 0 Å². The van der Waals surface area contributed by atoms with Crippen molar-refractivity contribution in [1.29, 1.82) is 0 Å². The lowest BCUT2D eigenvalue weighted by atomic mass is 10.2. The number of hydrogen-bond donors (Lipinski definition) is 1. The number of nitrogens with zero attached hydrogens (tertiary/aromatic N) is 1. The Kier molecular flexibility index (Phi) is 3.20. The highest BCUT2D eigenvalue weighted by Gasteiger charge is 2.08. The first-order valence-electron chi connectivity index (χ1n) is 4.33. The van der Waals surface area contributed by atoms with Gasteiger partial charge in [-0.3, -0.25) is 0 Å². The van der Waals surface area contributed by atoms with Gasteiger partial charge in [-0.1, -0.05) is 37.2 Å². The Balaban J connectivity index is 3.02. The SMILES string of the molecule is C[Si](C)(C)C#Cc1cnc(Cl)cc1N. The van der Waals surface area contributed by atoms with E-state index in [1.165, 1.54) is 0 Å². The average Bonchev–Trinajstić information content (AvgIpc) is 2.00. The number of anilines is 1. The van der Waals surface area contributed by atoms with Crippen LogP contribution in [-0.4, -0.2) is 13.1 Å². The molecule has 1 aromatic rings. The van der Waals surface area contributed by atoms with Crippen molar-refractivity contribution in [1.82, 2.24) is 4.98 Å². The Bertz CT molecular complexity index is 399. The molecule has 0 aliphatic carbocycles. The van der Waals surface area contributed by atoms with Gasteiger partial charge in [-0.15, -0.1) is 5.54 Å². The van der Waals surface area contributed by atoms with E-state index >= 15 is 0 Å². The van der Waals surface area contributed by atoms with Crippen molar-refractivity contribution in [2.45, 2.75) is 19.6 Å². The minimum atomic E-state index is -1.35. The molecule has 4 heteroatoms. The number of nitrogen functional groups attached to an aromatic ring is 1. The molecule has 0 bridgehead atoms. The summed E-state index contributed by atoms with van der Waals surface area (Å²) in [5.74, 6) is 3.05. The number of aromatic nitrogens is 1. The van der Waals surface area contributed by atoms with Gasteiger partial charge in [-0.2, -0.15) is 0 Å². The van der Waals surface area contributed by atoms with E-state index in [0.717, 1.165) is 5.56 Å². The molecule has 1 rings (SSSR count). The predicted octanol–water partition coefficient (Wildman–Crippen LogP) is 2.55. The minimum Gasteiger partial charge on any atom is -0.398 e. The lowest BCUT2D eigenvalue weighted by Crippen LogP contribution is -2.16. The molecule has 2 nitrogen and oxygen atoms in total. The van der Waals surface area contributed by atoms with Crippen molar-refractivity contribution < 1.29 is 0 Å². The highest BCUT2D eigenvalue weighted by molar-refractivity contribution is 6.83.